The Morgan fingerprint density at radius 3 is 2.32 bits per heavy atom. The molecule has 0 aromatic heterocycles. The molecule has 6 nitrogen and oxygen atoms in total. The Labute approximate surface area is 110 Å². The van der Waals surface area contributed by atoms with Crippen molar-refractivity contribution >= 4 is 13.3 Å². The van der Waals surface area contributed by atoms with Crippen LogP contribution in [0.25, 0.3) is 0 Å². The normalized spacial score (nSPS) is 11.5. The van der Waals surface area contributed by atoms with E-state index in [1.54, 1.807) is 13.8 Å². The van der Waals surface area contributed by atoms with E-state index < -0.39 is 24.0 Å². The zero-order valence-electron chi connectivity index (χ0n) is 10.7. The number of hydrogen-bond acceptors (Lipinski definition) is 5. The van der Waals surface area contributed by atoms with Gasteiger partial charge in [-0.15, -0.1) is 0 Å². The summed E-state index contributed by atoms with van der Waals surface area (Å²) in [5.41, 5.74) is -0.188. The molecule has 0 saturated heterocycles. The van der Waals surface area contributed by atoms with E-state index in [2.05, 4.69) is 0 Å². The third kappa shape index (κ3) is 4.70. The largest absolute Gasteiger partial charge is 0.335 e. The Balaban J connectivity index is 3.02. The summed E-state index contributed by atoms with van der Waals surface area (Å²) in [6.45, 7) is 3.66. The molecule has 0 saturated carbocycles. The first-order chi connectivity index (χ1) is 8.90. The van der Waals surface area contributed by atoms with E-state index in [0.717, 1.165) is 18.2 Å². The van der Waals surface area contributed by atoms with Crippen molar-refractivity contribution in [2.75, 3.05) is 13.2 Å². The van der Waals surface area contributed by atoms with Crippen LogP contribution in [0.15, 0.2) is 18.2 Å². The van der Waals surface area contributed by atoms with E-state index >= 15 is 0 Å². The molecule has 0 unspecified atom stereocenters. The van der Waals surface area contributed by atoms with Crippen molar-refractivity contribution in [1.29, 1.82) is 0 Å². The Hall–Kier alpha value is -1.30. The number of hydrogen-bond donors (Lipinski definition) is 0. The third-order valence-corrected chi connectivity index (χ3v) is 4.24. The van der Waals surface area contributed by atoms with Crippen LogP contribution in [0.2, 0.25) is 0 Å². The van der Waals surface area contributed by atoms with Crippen LogP contribution in [0, 0.1) is 15.9 Å². The first-order valence-electron chi connectivity index (χ1n) is 5.72. The Morgan fingerprint density at radius 1 is 1.26 bits per heavy atom. The number of benzene rings is 1. The number of nitro groups is 1. The van der Waals surface area contributed by atoms with Crippen molar-refractivity contribution in [2.24, 2.45) is 0 Å². The summed E-state index contributed by atoms with van der Waals surface area (Å²) >= 11 is 0. The van der Waals surface area contributed by atoms with Crippen LogP contribution in [0.3, 0.4) is 0 Å². The molecule has 0 spiro atoms. The SMILES string of the molecule is CCOP(=O)(Cc1cc(F)cc([N+](=O)[O-])c1)OCC. The summed E-state index contributed by atoms with van der Waals surface area (Å²) < 4.78 is 35.6. The first kappa shape index (κ1) is 15.8. The van der Waals surface area contributed by atoms with Gasteiger partial charge in [0, 0.05) is 6.07 Å². The lowest BCUT2D eigenvalue weighted by atomic mass is 10.2. The number of nitrogens with zero attached hydrogens (tertiary/aromatic N) is 1. The molecular formula is C11H15FNO5P. The second kappa shape index (κ2) is 6.75. The highest BCUT2D eigenvalue weighted by Gasteiger charge is 2.25. The zero-order valence-corrected chi connectivity index (χ0v) is 11.6. The second-order valence-corrected chi connectivity index (χ2v) is 5.73. The van der Waals surface area contributed by atoms with Crippen molar-refractivity contribution in [2.45, 2.75) is 20.0 Å². The number of rotatable bonds is 7. The predicted octanol–water partition coefficient (Wildman–Crippen LogP) is 3.50. The smallest absolute Gasteiger partial charge is 0.309 e. The lowest BCUT2D eigenvalue weighted by Crippen LogP contribution is -2.00. The van der Waals surface area contributed by atoms with Gasteiger partial charge in [0.1, 0.15) is 5.82 Å². The summed E-state index contributed by atoms with van der Waals surface area (Å²) in [4.78, 5) is 9.92. The number of nitro benzene ring substituents is 1. The van der Waals surface area contributed by atoms with E-state index in [4.69, 9.17) is 9.05 Å². The molecule has 0 heterocycles. The number of halogens is 1. The summed E-state index contributed by atoms with van der Waals surface area (Å²) in [6.07, 6.45) is -0.201. The Kier molecular flexibility index (Phi) is 5.60. The van der Waals surface area contributed by atoms with Crippen LogP contribution in [-0.4, -0.2) is 18.1 Å². The van der Waals surface area contributed by atoms with Gasteiger partial charge in [-0.2, -0.15) is 0 Å². The molecule has 0 amide bonds. The quantitative estimate of drug-likeness (QED) is 0.436. The summed E-state index contributed by atoms with van der Waals surface area (Å²) in [5, 5.41) is 10.6. The summed E-state index contributed by atoms with van der Waals surface area (Å²) in [5.74, 6) is -0.760. The summed E-state index contributed by atoms with van der Waals surface area (Å²) in [7, 11) is -3.40. The lowest BCUT2D eigenvalue weighted by molar-refractivity contribution is -0.385. The lowest BCUT2D eigenvalue weighted by Gasteiger charge is -2.16. The predicted molar refractivity (Wildman–Crippen MR) is 67.6 cm³/mol. The van der Waals surface area contributed by atoms with Crippen LogP contribution >= 0.6 is 7.60 Å². The molecule has 0 N–H and O–H groups in total. The van der Waals surface area contributed by atoms with Gasteiger partial charge in [-0.3, -0.25) is 14.7 Å². The highest BCUT2D eigenvalue weighted by Crippen LogP contribution is 2.51. The van der Waals surface area contributed by atoms with Crippen molar-refractivity contribution in [3.63, 3.8) is 0 Å². The Bertz CT molecular complexity index is 498. The zero-order chi connectivity index (χ0) is 14.5. The van der Waals surface area contributed by atoms with Crippen molar-refractivity contribution in [1.82, 2.24) is 0 Å². The molecule has 1 aromatic carbocycles. The molecule has 1 rings (SSSR count). The monoisotopic (exact) mass is 291 g/mol. The van der Waals surface area contributed by atoms with Gasteiger partial charge in [0.2, 0.25) is 0 Å². The average molecular weight is 291 g/mol. The van der Waals surface area contributed by atoms with Gasteiger partial charge < -0.3 is 9.05 Å². The minimum atomic E-state index is -3.40. The third-order valence-electron chi connectivity index (χ3n) is 2.18. The average Bonchev–Trinajstić information content (AvgIpc) is 2.28. The molecule has 0 bridgehead atoms. The van der Waals surface area contributed by atoms with Crippen LogP contribution in [0.1, 0.15) is 19.4 Å². The van der Waals surface area contributed by atoms with Crippen molar-refractivity contribution in [3.05, 3.63) is 39.7 Å². The molecular weight excluding hydrogens is 276 g/mol. The summed E-state index contributed by atoms with van der Waals surface area (Å²) in [6, 6.07) is 3.04. The van der Waals surface area contributed by atoms with Crippen LogP contribution in [0.4, 0.5) is 10.1 Å². The minimum Gasteiger partial charge on any atom is -0.309 e. The van der Waals surface area contributed by atoms with E-state index in [-0.39, 0.29) is 24.9 Å². The molecule has 8 heteroatoms. The molecule has 106 valence electrons. The van der Waals surface area contributed by atoms with Gasteiger partial charge in [-0.05, 0) is 25.5 Å². The van der Waals surface area contributed by atoms with Crippen LogP contribution in [-0.2, 0) is 19.8 Å². The maximum absolute atomic E-state index is 13.3. The highest BCUT2D eigenvalue weighted by molar-refractivity contribution is 7.53. The van der Waals surface area contributed by atoms with Gasteiger partial charge in [0.25, 0.3) is 5.69 Å². The van der Waals surface area contributed by atoms with Crippen molar-refractivity contribution in [3.8, 4) is 0 Å². The van der Waals surface area contributed by atoms with E-state index in [0.29, 0.717) is 0 Å². The molecule has 0 atom stereocenters. The topological polar surface area (TPSA) is 78.7 Å². The first-order valence-corrected chi connectivity index (χ1v) is 7.45. The molecule has 1 aromatic rings. The molecule has 0 aliphatic carbocycles. The maximum Gasteiger partial charge on any atom is 0.335 e. The van der Waals surface area contributed by atoms with Gasteiger partial charge in [-0.1, -0.05) is 0 Å². The fraction of sp³-hybridized carbons (Fsp3) is 0.455. The van der Waals surface area contributed by atoms with Gasteiger partial charge >= 0.3 is 7.60 Å². The van der Waals surface area contributed by atoms with E-state index in [1.165, 1.54) is 0 Å². The van der Waals surface area contributed by atoms with E-state index in [1.807, 2.05) is 0 Å². The second-order valence-electron chi connectivity index (χ2n) is 3.68. The van der Waals surface area contributed by atoms with Gasteiger partial charge in [0.05, 0.1) is 30.4 Å². The highest BCUT2D eigenvalue weighted by atomic mass is 31.2. The maximum atomic E-state index is 13.3. The minimum absolute atomic E-state index is 0.175. The standard InChI is InChI=1S/C11H15FNO5P/c1-3-17-19(16,18-4-2)8-9-5-10(12)7-11(6-9)13(14)15/h5-7H,3-4,8H2,1-2H3. The fourth-order valence-corrected chi connectivity index (χ4v) is 3.25. The Morgan fingerprint density at radius 2 is 1.84 bits per heavy atom. The molecule has 19 heavy (non-hydrogen) atoms. The van der Waals surface area contributed by atoms with Gasteiger partial charge in [-0.25, -0.2) is 4.39 Å². The van der Waals surface area contributed by atoms with Crippen molar-refractivity contribution < 1.29 is 22.9 Å². The molecule has 0 aliphatic heterocycles. The van der Waals surface area contributed by atoms with E-state index in [9.17, 15) is 19.1 Å². The number of non-ortho nitro benzene ring substituents is 1. The molecule has 0 aliphatic rings. The fourth-order valence-electron chi connectivity index (χ4n) is 1.58. The van der Waals surface area contributed by atoms with Crippen LogP contribution in [0.5, 0.6) is 0 Å². The molecule has 0 fully saturated rings. The molecule has 0 radical (unpaired) electrons. The van der Waals surface area contributed by atoms with Gasteiger partial charge in [0.15, 0.2) is 0 Å². The van der Waals surface area contributed by atoms with Crippen LogP contribution < -0.4 is 0 Å².